The van der Waals surface area contributed by atoms with Crippen molar-refractivity contribution >= 4 is 35.4 Å². The van der Waals surface area contributed by atoms with E-state index in [-0.39, 0.29) is 30.2 Å². The summed E-state index contributed by atoms with van der Waals surface area (Å²) in [5.41, 5.74) is 0. The fourth-order valence-corrected chi connectivity index (χ4v) is 3.57. The number of carbonyl (C=O) groups is 3. The Bertz CT molecular complexity index is 663. The zero-order valence-electron chi connectivity index (χ0n) is 15.9. The normalized spacial score (nSPS) is 20.6. The van der Waals surface area contributed by atoms with Crippen molar-refractivity contribution in [2.75, 3.05) is 17.7 Å². The number of aromatic nitrogens is 1. The molecule has 1 aliphatic rings. The molecular formula is C18H27N3O5S. The number of ether oxygens (including phenoxy) is 1. The number of rotatable bonds is 8. The van der Waals surface area contributed by atoms with Crippen LogP contribution >= 0.6 is 11.8 Å². The van der Waals surface area contributed by atoms with Crippen molar-refractivity contribution in [3.05, 3.63) is 11.8 Å². The largest absolute Gasteiger partial charge is 0.455 e. The topological polar surface area (TPSA) is 111 Å². The molecule has 0 saturated heterocycles. The lowest BCUT2D eigenvalue weighted by atomic mass is 9.86. The van der Waals surface area contributed by atoms with Gasteiger partial charge in [-0.3, -0.25) is 14.4 Å². The minimum absolute atomic E-state index is 0.0143. The third-order valence-corrected chi connectivity index (χ3v) is 5.64. The van der Waals surface area contributed by atoms with Gasteiger partial charge in [-0.1, -0.05) is 24.9 Å². The minimum Gasteiger partial charge on any atom is -0.455 e. The summed E-state index contributed by atoms with van der Waals surface area (Å²) in [5, 5.41) is 8.74. The molecule has 2 amide bonds. The van der Waals surface area contributed by atoms with Crippen LogP contribution in [0.15, 0.2) is 10.6 Å². The van der Waals surface area contributed by atoms with Gasteiger partial charge in [0.2, 0.25) is 5.91 Å². The van der Waals surface area contributed by atoms with Crippen LogP contribution in [-0.2, 0) is 19.1 Å². The lowest BCUT2D eigenvalue weighted by Crippen LogP contribution is -2.43. The van der Waals surface area contributed by atoms with Crippen LogP contribution in [-0.4, -0.2) is 46.6 Å². The predicted molar refractivity (Wildman–Crippen MR) is 102 cm³/mol. The van der Waals surface area contributed by atoms with Gasteiger partial charge < -0.3 is 19.9 Å². The van der Waals surface area contributed by atoms with Crippen LogP contribution in [0, 0.1) is 12.8 Å². The zero-order chi connectivity index (χ0) is 19.8. The molecule has 0 radical (unpaired) electrons. The summed E-state index contributed by atoms with van der Waals surface area (Å²) in [6.45, 7) is 5.24. The van der Waals surface area contributed by atoms with Crippen molar-refractivity contribution in [3.63, 3.8) is 0 Å². The van der Waals surface area contributed by atoms with Crippen molar-refractivity contribution in [2.45, 2.75) is 57.7 Å². The quantitative estimate of drug-likeness (QED) is 0.647. The summed E-state index contributed by atoms with van der Waals surface area (Å²) in [7, 11) is 0. The zero-order valence-corrected chi connectivity index (χ0v) is 16.8. The van der Waals surface area contributed by atoms with Crippen LogP contribution in [0.5, 0.6) is 0 Å². The molecule has 27 heavy (non-hydrogen) atoms. The highest BCUT2D eigenvalue weighted by Gasteiger charge is 2.23. The molecule has 0 spiro atoms. The molecule has 1 heterocycles. The van der Waals surface area contributed by atoms with Crippen molar-refractivity contribution in [1.82, 2.24) is 10.5 Å². The Hall–Kier alpha value is -2.03. The Labute approximate surface area is 163 Å². The highest BCUT2D eigenvalue weighted by atomic mass is 32.2. The number of esters is 1. The van der Waals surface area contributed by atoms with E-state index in [9.17, 15) is 14.4 Å². The molecule has 1 fully saturated rings. The molecule has 1 aliphatic carbocycles. The van der Waals surface area contributed by atoms with E-state index in [0.717, 1.165) is 31.0 Å². The Kier molecular flexibility index (Phi) is 8.15. The van der Waals surface area contributed by atoms with Crippen molar-refractivity contribution in [2.24, 2.45) is 5.92 Å². The Balaban J connectivity index is 1.63. The van der Waals surface area contributed by atoms with Crippen LogP contribution in [0.25, 0.3) is 0 Å². The predicted octanol–water partition coefficient (Wildman–Crippen LogP) is 2.28. The molecule has 1 aromatic rings. The number of thioether (sulfide) groups is 1. The smallest absolute Gasteiger partial charge is 0.316 e. The van der Waals surface area contributed by atoms with Crippen molar-refractivity contribution in [1.29, 1.82) is 0 Å². The molecule has 9 heteroatoms. The molecule has 0 bridgehead atoms. The molecular weight excluding hydrogens is 370 g/mol. The molecule has 1 aromatic heterocycles. The summed E-state index contributed by atoms with van der Waals surface area (Å²) in [6, 6.07) is 1.76. The van der Waals surface area contributed by atoms with Gasteiger partial charge in [0.05, 0.1) is 11.0 Å². The Morgan fingerprint density at radius 2 is 2.11 bits per heavy atom. The summed E-state index contributed by atoms with van der Waals surface area (Å²) < 4.78 is 9.88. The molecule has 1 saturated carbocycles. The monoisotopic (exact) mass is 397 g/mol. The van der Waals surface area contributed by atoms with Gasteiger partial charge in [0.25, 0.3) is 5.91 Å². The average molecular weight is 397 g/mol. The van der Waals surface area contributed by atoms with Gasteiger partial charge in [-0.25, -0.2) is 0 Å². The Morgan fingerprint density at radius 1 is 1.37 bits per heavy atom. The number of carbonyl (C=O) groups excluding carboxylic acids is 3. The summed E-state index contributed by atoms with van der Waals surface area (Å²) in [6.07, 6.45) is 4.38. The maximum absolute atomic E-state index is 12.0. The van der Waals surface area contributed by atoms with Crippen molar-refractivity contribution in [3.8, 4) is 0 Å². The fraction of sp³-hybridized carbons (Fsp3) is 0.667. The van der Waals surface area contributed by atoms with Crippen LogP contribution < -0.4 is 10.6 Å². The van der Waals surface area contributed by atoms with Crippen LogP contribution in [0.4, 0.5) is 5.82 Å². The highest BCUT2D eigenvalue weighted by Crippen LogP contribution is 2.23. The second-order valence-corrected chi connectivity index (χ2v) is 8.19. The summed E-state index contributed by atoms with van der Waals surface area (Å²) in [5.74, 6) is 0.269. The number of amides is 2. The second-order valence-electron chi connectivity index (χ2n) is 6.86. The van der Waals surface area contributed by atoms with Gasteiger partial charge in [0, 0.05) is 12.1 Å². The number of aryl methyl sites for hydroxylation is 1. The van der Waals surface area contributed by atoms with Gasteiger partial charge in [0.15, 0.2) is 12.4 Å². The Morgan fingerprint density at radius 3 is 2.78 bits per heavy atom. The SMILES string of the molecule is Cc1cc(NC(=O)[C@H](C)SCC(=O)OCC(=O)N[C@@H]2CCCC[C@@H]2C)no1. The molecule has 8 nitrogen and oxygen atoms in total. The molecule has 150 valence electrons. The fourth-order valence-electron chi connectivity index (χ4n) is 2.89. The van der Waals surface area contributed by atoms with E-state index < -0.39 is 11.2 Å². The number of nitrogens with zero attached hydrogens (tertiary/aromatic N) is 1. The van der Waals surface area contributed by atoms with E-state index in [0.29, 0.717) is 17.5 Å². The van der Waals surface area contributed by atoms with Gasteiger partial charge in [0.1, 0.15) is 5.76 Å². The highest BCUT2D eigenvalue weighted by molar-refractivity contribution is 8.01. The molecule has 0 unspecified atom stereocenters. The third kappa shape index (κ3) is 7.24. The summed E-state index contributed by atoms with van der Waals surface area (Å²) >= 11 is 1.13. The lowest BCUT2D eigenvalue weighted by molar-refractivity contribution is -0.146. The number of hydrogen-bond donors (Lipinski definition) is 2. The van der Waals surface area contributed by atoms with Crippen LogP contribution in [0.1, 0.15) is 45.3 Å². The van der Waals surface area contributed by atoms with E-state index >= 15 is 0 Å². The summed E-state index contributed by atoms with van der Waals surface area (Å²) in [4.78, 5) is 35.8. The number of hydrogen-bond acceptors (Lipinski definition) is 7. The molecule has 2 N–H and O–H groups in total. The van der Waals surface area contributed by atoms with Gasteiger partial charge in [-0.15, -0.1) is 11.8 Å². The van der Waals surface area contributed by atoms with E-state index in [1.165, 1.54) is 6.42 Å². The molecule has 0 aromatic carbocycles. The lowest BCUT2D eigenvalue weighted by Gasteiger charge is -2.29. The first-order chi connectivity index (χ1) is 12.8. The number of nitrogens with one attached hydrogen (secondary N) is 2. The van der Waals surface area contributed by atoms with Crippen LogP contribution in [0.2, 0.25) is 0 Å². The second kappa shape index (κ2) is 10.3. The standard InChI is InChI=1S/C18H27N3O5S/c1-11-6-4-5-7-14(11)19-16(22)9-25-17(23)10-27-13(3)18(24)20-15-8-12(2)26-21-15/h8,11,13-14H,4-7,9-10H2,1-3H3,(H,19,22)(H,20,21,24)/t11-,13-,14+/m0/s1. The van der Waals surface area contributed by atoms with Gasteiger partial charge >= 0.3 is 5.97 Å². The maximum atomic E-state index is 12.0. The minimum atomic E-state index is -0.524. The first-order valence-electron chi connectivity index (χ1n) is 9.16. The first-order valence-corrected chi connectivity index (χ1v) is 10.2. The molecule has 3 atom stereocenters. The third-order valence-electron chi connectivity index (χ3n) is 4.52. The van der Waals surface area contributed by atoms with E-state index in [1.807, 2.05) is 0 Å². The number of anilines is 1. The van der Waals surface area contributed by atoms with E-state index in [2.05, 4.69) is 22.7 Å². The van der Waals surface area contributed by atoms with Crippen LogP contribution in [0.3, 0.4) is 0 Å². The molecule has 0 aliphatic heterocycles. The van der Waals surface area contributed by atoms with Crippen molar-refractivity contribution < 1.29 is 23.6 Å². The van der Waals surface area contributed by atoms with Gasteiger partial charge in [-0.05, 0) is 32.6 Å². The van der Waals surface area contributed by atoms with Gasteiger partial charge in [-0.2, -0.15) is 0 Å². The molecule has 2 rings (SSSR count). The maximum Gasteiger partial charge on any atom is 0.316 e. The van der Waals surface area contributed by atoms with E-state index in [4.69, 9.17) is 9.26 Å². The first kappa shape index (κ1) is 21.3. The average Bonchev–Trinajstić information content (AvgIpc) is 3.04. The van der Waals surface area contributed by atoms with E-state index in [1.54, 1.807) is 19.9 Å².